The van der Waals surface area contributed by atoms with Gasteiger partial charge in [-0.15, -0.1) is 0 Å². The van der Waals surface area contributed by atoms with Gasteiger partial charge in [-0.1, -0.05) is 13.0 Å². The summed E-state index contributed by atoms with van der Waals surface area (Å²) in [6, 6.07) is 4.54. The Balaban J connectivity index is 1.84. The molecular weight excluding hydrogens is 374 g/mol. The van der Waals surface area contributed by atoms with E-state index < -0.39 is 10.9 Å². The van der Waals surface area contributed by atoms with E-state index in [2.05, 4.69) is 10.6 Å². The van der Waals surface area contributed by atoms with Gasteiger partial charge in [0.2, 0.25) is 0 Å². The summed E-state index contributed by atoms with van der Waals surface area (Å²) in [5.74, 6) is -0.641. The zero-order chi connectivity index (χ0) is 21.3. The lowest BCUT2D eigenvalue weighted by Crippen LogP contribution is -2.42. The van der Waals surface area contributed by atoms with Gasteiger partial charge in [-0.2, -0.15) is 0 Å². The molecule has 0 unspecified atom stereocenters. The van der Waals surface area contributed by atoms with E-state index in [0.717, 1.165) is 19.3 Å². The molecule has 1 saturated heterocycles. The summed E-state index contributed by atoms with van der Waals surface area (Å²) in [4.78, 5) is 37.9. The van der Waals surface area contributed by atoms with Crippen molar-refractivity contribution in [3.05, 3.63) is 44.2 Å². The summed E-state index contributed by atoms with van der Waals surface area (Å²) in [5, 5.41) is 16.5. The van der Waals surface area contributed by atoms with Gasteiger partial charge in [0, 0.05) is 14.1 Å². The Kier molecular flexibility index (Phi) is 5.93. The Morgan fingerprint density at radius 2 is 1.93 bits per heavy atom. The third-order valence-electron chi connectivity index (χ3n) is 5.33. The van der Waals surface area contributed by atoms with Gasteiger partial charge in [0.05, 0.1) is 29.5 Å². The molecule has 2 aromatic rings. The van der Waals surface area contributed by atoms with Crippen LogP contribution in [0.1, 0.15) is 43.5 Å². The number of nitrogens with one attached hydrogen (secondary N) is 2. The van der Waals surface area contributed by atoms with E-state index in [4.69, 9.17) is 4.74 Å². The lowest BCUT2D eigenvalue weighted by molar-refractivity contribution is 0.0438. The number of rotatable bonds is 7. The van der Waals surface area contributed by atoms with Gasteiger partial charge in [-0.3, -0.25) is 14.4 Å². The topological polar surface area (TPSA) is 108 Å². The maximum Gasteiger partial charge on any atom is 0.257 e. The van der Waals surface area contributed by atoms with Crippen LogP contribution >= 0.6 is 0 Å². The number of carbonyl (C=O) groups excluding carboxylic acids is 1. The zero-order valence-electron chi connectivity index (χ0n) is 17.1. The van der Waals surface area contributed by atoms with Crippen LogP contribution in [0.2, 0.25) is 0 Å². The predicted octanol–water partition coefficient (Wildman–Crippen LogP) is 2.19. The highest BCUT2D eigenvalue weighted by atomic mass is 16.5. The Hall–Kier alpha value is -2.87. The maximum atomic E-state index is 12.2. The van der Waals surface area contributed by atoms with Crippen molar-refractivity contribution in [2.75, 3.05) is 24.7 Å². The van der Waals surface area contributed by atoms with Crippen molar-refractivity contribution in [2.24, 2.45) is 0 Å². The van der Waals surface area contributed by atoms with Crippen molar-refractivity contribution in [1.82, 2.24) is 4.90 Å². The number of hydrogen-bond acceptors (Lipinski definition) is 7. The van der Waals surface area contributed by atoms with Crippen LogP contribution < -0.4 is 21.5 Å². The Morgan fingerprint density at radius 3 is 2.52 bits per heavy atom. The van der Waals surface area contributed by atoms with E-state index in [0.29, 0.717) is 0 Å². The second kappa shape index (κ2) is 8.24. The summed E-state index contributed by atoms with van der Waals surface area (Å²) in [5.41, 5.74) is -0.693. The molecule has 1 fully saturated rings. The molecule has 0 radical (unpaired) electrons. The van der Waals surface area contributed by atoms with E-state index >= 15 is 0 Å². The maximum absolute atomic E-state index is 12.2. The van der Waals surface area contributed by atoms with Crippen molar-refractivity contribution >= 4 is 23.0 Å². The van der Waals surface area contributed by atoms with E-state index in [1.54, 1.807) is 26.2 Å². The quantitative estimate of drug-likeness (QED) is 0.482. The minimum atomic E-state index is -0.660. The summed E-state index contributed by atoms with van der Waals surface area (Å²) in [6.07, 6.45) is 2.73. The third-order valence-corrected chi connectivity index (χ3v) is 5.33. The smallest absolute Gasteiger partial charge is 0.257 e. The molecule has 3 N–H and O–H groups in total. The Bertz CT molecular complexity index is 977. The van der Waals surface area contributed by atoms with E-state index in [1.165, 1.54) is 11.0 Å². The van der Waals surface area contributed by atoms with Gasteiger partial charge in [-0.05, 0) is 38.3 Å². The molecule has 8 nitrogen and oxygen atoms in total. The van der Waals surface area contributed by atoms with Gasteiger partial charge in [0.15, 0.2) is 5.75 Å². The fraction of sp³-hybridized carbons (Fsp3) is 0.476. The third kappa shape index (κ3) is 3.98. The van der Waals surface area contributed by atoms with Crippen LogP contribution in [-0.4, -0.2) is 48.3 Å². The monoisotopic (exact) mass is 401 g/mol. The fourth-order valence-electron chi connectivity index (χ4n) is 3.61. The number of para-hydroxylation sites is 1. The highest BCUT2D eigenvalue weighted by Crippen LogP contribution is 2.33. The summed E-state index contributed by atoms with van der Waals surface area (Å²) in [6.45, 7) is 4.01. The van der Waals surface area contributed by atoms with Gasteiger partial charge in [0.25, 0.3) is 16.8 Å². The fourth-order valence-corrected chi connectivity index (χ4v) is 3.61. The minimum absolute atomic E-state index is 0.0262. The first-order valence-electron chi connectivity index (χ1n) is 9.80. The van der Waals surface area contributed by atoms with Crippen molar-refractivity contribution < 1.29 is 14.6 Å². The number of carbonyl (C=O) groups is 1. The van der Waals surface area contributed by atoms with Crippen molar-refractivity contribution in [3.63, 3.8) is 0 Å². The second-order valence-electron chi connectivity index (χ2n) is 7.66. The van der Waals surface area contributed by atoms with Gasteiger partial charge < -0.3 is 25.4 Å². The number of phenolic OH excluding ortho intramolecular Hbond substituents is 1. The van der Waals surface area contributed by atoms with Crippen LogP contribution in [0.3, 0.4) is 0 Å². The summed E-state index contributed by atoms with van der Waals surface area (Å²) >= 11 is 0. The number of amides is 1. The minimum Gasteiger partial charge on any atom is -0.505 e. The van der Waals surface area contributed by atoms with Crippen LogP contribution in [0.5, 0.6) is 5.75 Å². The molecule has 0 saturated carbocycles. The van der Waals surface area contributed by atoms with E-state index in [-0.39, 0.29) is 52.5 Å². The molecule has 3 atom stereocenters. The zero-order valence-corrected chi connectivity index (χ0v) is 17.1. The molecule has 3 rings (SSSR count). The van der Waals surface area contributed by atoms with Gasteiger partial charge in [0.1, 0.15) is 11.4 Å². The van der Waals surface area contributed by atoms with E-state index in [9.17, 15) is 19.5 Å². The molecule has 0 spiro atoms. The highest BCUT2D eigenvalue weighted by molar-refractivity contribution is 5.99. The Labute approximate surface area is 169 Å². The molecule has 1 amide bonds. The van der Waals surface area contributed by atoms with Crippen molar-refractivity contribution in [3.8, 4) is 5.75 Å². The van der Waals surface area contributed by atoms with Gasteiger partial charge in [-0.25, -0.2) is 0 Å². The predicted molar refractivity (Wildman–Crippen MR) is 112 cm³/mol. The number of ether oxygens (including phenoxy) is 1. The van der Waals surface area contributed by atoms with Crippen LogP contribution in [0.15, 0.2) is 27.8 Å². The molecule has 29 heavy (non-hydrogen) atoms. The average molecular weight is 401 g/mol. The largest absolute Gasteiger partial charge is 0.505 e. The van der Waals surface area contributed by atoms with Crippen molar-refractivity contribution in [2.45, 2.75) is 51.4 Å². The number of anilines is 3. The Morgan fingerprint density at radius 1 is 1.24 bits per heavy atom. The molecule has 0 aromatic heterocycles. The molecule has 8 heteroatoms. The summed E-state index contributed by atoms with van der Waals surface area (Å²) in [7, 11) is 3.16. The molecule has 156 valence electrons. The number of hydrogen-bond donors (Lipinski definition) is 3. The molecule has 1 aliphatic rings. The van der Waals surface area contributed by atoms with Crippen LogP contribution in [0, 0.1) is 0 Å². The molecule has 0 bridgehead atoms. The van der Waals surface area contributed by atoms with E-state index in [1.807, 2.05) is 13.8 Å². The normalized spacial score (nSPS) is 19.9. The summed E-state index contributed by atoms with van der Waals surface area (Å²) < 4.78 is 5.90. The first kappa shape index (κ1) is 20.9. The SMILES string of the molecule is CC[C@@H](Nc1c(Nc2cccc(C(=O)N(C)C)c2O)c(=O)c1=O)[C@@H]1CC[C@H](C)O1. The first-order valence-corrected chi connectivity index (χ1v) is 9.80. The highest BCUT2D eigenvalue weighted by Gasteiger charge is 2.32. The number of nitrogens with zero attached hydrogens (tertiary/aromatic N) is 1. The lowest BCUT2D eigenvalue weighted by atomic mass is 10.0. The van der Waals surface area contributed by atoms with Crippen LogP contribution in [0.25, 0.3) is 0 Å². The molecule has 2 aromatic carbocycles. The van der Waals surface area contributed by atoms with Crippen LogP contribution in [-0.2, 0) is 4.74 Å². The number of aromatic hydroxyl groups is 1. The van der Waals surface area contributed by atoms with Gasteiger partial charge >= 0.3 is 0 Å². The second-order valence-corrected chi connectivity index (χ2v) is 7.66. The van der Waals surface area contributed by atoms with Crippen molar-refractivity contribution in [1.29, 1.82) is 0 Å². The van der Waals surface area contributed by atoms with Crippen LogP contribution in [0.4, 0.5) is 17.1 Å². The standard InChI is InChI=1S/C21H27N3O5/c1-5-13(15-10-9-11(2)29-15)22-16-17(20(27)19(16)26)23-14-8-6-7-12(18(14)25)21(28)24(3)4/h6-8,11,13,15,22-23,25H,5,9-10H2,1-4H3/t11-,13+,15-/m0/s1. The molecule has 0 aliphatic carbocycles. The molecule has 1 heterocycles. The molecule has 1 aliphatic heterocycles. The average Bonchev–Trinajstić information content (AvgIpc) is 3.13. The first-order chi connectivity index (χ1) is 13.7. The molecular formula is C21H27N3O5. The lowest BCUT2D eigenvalue weighted by Gasteiger charge is -2.26. The number of phenols is 1. The number of benzene rings is 1.